The number of fused-ring (bicyclic) bond motifs is 1. The molecule has 0 saturated heterocycles. The molecule has 6 heteroatoms. The number of rotatable bonds is 4. The number of hydrogen-bond acceptors (Lipinski definition) is 4. The molecule has 3 aromatic rings. The summed E-state index contributed by atoms with van der Waals surface area (Å²) >= 11 is 0. The van der Waals surface area contributed by atoms with E-state index in [2.05, 4.69) is 22.2 Å². The molecule has 0 aliphatic rings. The lowest BCUT2D eigenvalue weighted by molar-refractivity contribution is 0.414. The van der Waals surface area contributed by atoms with E-state index in [-0.39, 0.29) is 0 Å². The minimum Gasteiger partial charge on any atom is -0.497 e. The SMILES string of the molecule is CCCc1nn(-c2ccc(OC)cc2)c2n[nH]c(N)c12. The van der Waals surface area contributed by atoms with E-state index in [1.165, 1.54) is 0 Å². The fourth-order valence-electron chi connectivity index (χ4n) is 2.32. The average molecular weight is 271 g/mol. The number of anilines is 1. The molecule has 104 valence electrons. The quantitative estimate of drug-likeness (QED) is 0.762. The summed E-state index contributed by atoms with van der Waals surface area (Å²) in [6, 6.07) is 7.70. The van der Waals surface area contributed by atoms with Gasteiger partial charge in [0.2, 0.25) is 0 Å². The molecule has 0 spiro atoms. The summed E-state index contributed by atoms with van der Waals surface area (Å²) in [7, 11) is 1.65. The van der Waals surface area contributed by atoms with E-state index in [1.807, 2.05) is 28.9 Å². The smallest absolute Gasteiger partial charge is 0.186 e. The fourth-order valence-corrected chi connectivity index (χ4v) is 2.32. The van der Waals surface area contributed by atoms with E-state index in [4.69, 9.17) is 10.5 Å². The Morgan fingerprint density at radius 1 is 1.30 bits per heavy atom. The first-order chi connectivity index (χ1) is 9.74. The second kappa shape index (κ2) is 4.88. The number of methoxy groups -OCH3 is 1. The van der Waals surface area contributed by atoms with Crippen molar-refractivity contribution in [3.05, 3.63) is 30.0 Å². The van der Waals surface area contributed by atoms with E-state index in [0.717, 1.165) is 41.0 Å². The molecule has 0 aliphatic carbocycles. The predicted molar refractivity (Wildman–Crippen MR) is 78.2 cm³/mol. The summed E-state index contributed by atoms with van der Waals surface area (Å²) in [4.78, 5) is 0. The molecule has 6 nitrogen and oxygen atoms in total. The van der Waals surface area contributed by atoms with Crippen molar-refractivity contribution in [2.75, 3.05) is 12.8 Å². The Kier molecular flexibility index (Phi) is 3.06. The van der Waals surface area contributed by atoms with Gasteiger partial charge in [-0.3, -0.25) is 5.10 Å². The van der Waals surface area contributed by atoms with Crippen molar-refractivity contribution in [2.24, 2.45) is 0 Å². The van der Waals surface area contributed by atoms with Gasteiger partial charge in [-0.25, -0.2) is 4.68 Å². The molecule has 3 rings (SSSR count). The number of nitrogens with zero attached hydrogens (tertiary/aromatic N) is 3. The third-order valence-electron chi connectivity index (χ3n) is 3.29. The Morgan fingerprint density at radius 2 is 2.05 bits per heavy atom. The Balaban J connectivity index is 2.14. The summed E-state index contributed by atoms with van der Waals surface area (Å²) in [6.45, 7) is 2.12. The molecular formula is C14H17N5O. The van der Waals surface area contributed by atoms with Crippen molar-refractivity contribution in [1.29, 1.82) is 0 Å². The number of benzene rings is 1. The topological polar surface area (TPSA) is 81.8 Å². The highest BCUT2D eigenvalue weighted by molar-refractivity contribution is 5.89. The van der Waals surface area contributed by atoms with Crippen LogP contribution in [-0.2, 0) is 6.42 Å². The van der Waals surface area contributed by atoms with Gasteiger partial charge in [0.25, 0.3) is 0 Å². The maximum atomic E-state index is 5.95. The number of hydrogen-bond donors (Lipinski definition) is 2. The monoisotopic (exact) mass is 271 g/mol. The van der Waals surface area contributed by atoms with Gasteiger partial charge in [0.1, 0.15) is 11.6 Å². The average Bonchev–Trinajstić information content (AvgIpc) is 3.02. The summed E-state index contributed by atoms with van der Waals surface area (Å²) in [5.41, 5.74) is 8.62. The lowest BCUT2D eigenvalue weighted by Gasteiger charge is -2.03. The van der Waals surface area contributed by atoms with Gasteiger partial charge in [-0.2, -0.15) is 10.2 Å². The van der Waals surface area contributed by atoms with Gasteiger partial charge >= 0.3 is 0 Å². The maximum Gasteiger partial charge on any atom is 0.186 e. The fraction of sp³-hybridized carbons (Fsp3) is 0.286. The van der Waals surface area contributed by atoms with Crippen LogP contribution in [0.25, 0.3) is 16.7 Å². The first-order valence-electron chi connectivity index (χ1n) is 6.60. The molecule has 3 N–H and O–H groups in total. The first-order valence-corrected chi connectivity index (χ1v) is 6.60. The third-order valence-corrected chi connectivity index (χ3v) is 3.29. The molecule has 0 unspecified atom stereocenters. The normalized spacial score (nSPS) is 11.1. The largest absolute Gasteiger partial charge is 0.497 e. The van der Waals surface area contributed by atoms with Crippen LogP contribution >= 0.6 is 0 Å². The molecule has 0 aliphatic heterocycles. The summed E-state index contributed by atoms with van der Waals surface area (Å²) in [5, 5.41) is 12.6. The second-order valence-electron chi connectivity index (χ2n) is 4.64. The molecule has 2 heterocycles. The van der Waals surface area contributed by atoms with Crippen LogP contribution in [0.5, 0.6) is 5.75 Å². The number of nitrogens with one attached hydrogen (secondary N) is 1. The zero-order chi connectivity index (χ0) is 14.1. The number of aryl methyl sites for hydroxylation is 1. The number of H-pyrrole nitrogens is 1. The van der Waals surface area contributed by atoms with Crippen LogP contribution < -0.4 is 10.5 Å². The molecule has 0 fully saturated rings. The molecule has 0 bridgehead atoms. The van der Waals surface area contributed by atoms with Crippen molar-refractivity contribution in [3.8, 4) is 11.4 Å². The highest BCUT2D eigenvalue weighted by Gasteiger charge is 2.16. The molecule has 0 atom stereocenters. The molecule has 2 aromatic heterocycles. The minimum atomic E-state index is 0.572. The van der Waals surface area contributed by atoms with Gasteiger partial charge in [-0.15, -0.1) is 0 Å². The molecule has 1 aromatic carbocycles. The Morgan fingerprint density at radius 3 is 2.70 bits per heavy atom. The van der Waals surface area contributed by atoms with Crippen molar-refractivity contribution in [3.63, 3.8) is 0 Å². The van der Waals surface area contributed by atoms with Crippen molar-refractivity contribution >= 4 is 16.9 Å². The van der Waals surface area contributed by atoms with Crippen LogP contribution in [0.15, 0.2) is 24.3 Å². The van der Waals surface area contributed by atoms with E-state index in [0.29, 0.717) is 5.82 Å². The zero-order valence-electron chi connectivity index (χ0n) is 11.6. The Labute approximate surface area is 116 Å². The van der Waals surface area contributed by atoms with Crippen molar-refractivity contribution in [2.45, 2.75) is 19.8 Å². The predicted octanol–water partition coefficient (Wildman–Crippen LogP) is 2.29. The van der Waals surface area contributed by atoms with Gasteiger partial charge in [0.15, 0.2) is 5.65 Å². The van der Waals surface area contributed by atoms with Crippen LogP contribution in [0.4, 0.5) is 5.82 Å². The van der Waals surface area contributed by atoms with Gasteiger partial charge in [-0.05, 0) is 30.7 Å². The number of aromatic amines is 1. The van der Waals surface area contributed by atoms with E-state index in [1.54, 1.807) is 7.11 Å². The maximum absolute atomic E-state index is 5.95. The molecule has 0 amide bonds. The number of aromatic nitrogens is 4. The van der Waals surface area contributed by atoms with Crippen molar-refractivity contribution in [1.82, 2.24) is 20.0 Å². The van der Waals surface area contributed by atoms with E-state index < -0.39 is 0 Å². The lowest BCUT2D eigenvalue weighted by atomic mass is 10.2. The van der Waals surface area contributed by atoms with E-state index in [9.17, 15) is 0 Å². The highest BCUT2D eigenvalue weighted by Crippen LogP contribution is 2.26. The number of nitrogen functional groups attached to an aromatic ring is 1. The number of ether oxygens (including phenoxy) is 1. The van der Waals surface area contributed by atoms with E-state index >= 15 is 0 Å². The highest BCUT2D eigenvalue weighted by atomic mass is 16.5. The molecular weight excluding hydrogens is 254 g/mol. The van der Waals surface area contributed by atoms with Crippen LogP contribution in [0.1, 0.15) is 19.0 Å². The summed E-state index contributed by atoms with van der Waals surface area (Å²) < 4.78 is 6.98. The molecule has 20 heavy (non-hydrogen) atoms. The van der Waals surface area contributed by atoms with Gasteiger partial charge in [0, 0.05) is 0 Å². The Bertz CT molecular complexity index is 726. The van der Waals surface area contributed by atoms with Crippen LogP contribution in [0.2, 0.25) is 0 Å². The van der Waals surface area contributed by atoms with Gasteiger partial charge < -0.3 is 10.5 Å². The third kappa shape index (κ3) is 1.89. The minimum absolute atomic E-state index is 0.572. The molecule has 0 saturated carbocycles. The van der Waals surface area contributed by atoms with Crippen LogP contribution in [-0.4, -0.2) is 27.1 Å². The van der Waals surface area contributed by atoms with Gasteiger partial charge in [0.05, 0.1) is 23.9 Å². The number of nitrogens with two attached hydrogens (primary N) is 1. The zero-order valence-corrected chi connectivity index (χ0v) is 11.6. The lowest BCUT2D eigenvalue weighted by Crippen LogP contribution is -1.99. The first kappa shape index (κ1) is 12.5. The molecule has 0 radical (unpaired) electrons. The summed E-state index contributed by atoms with van der Waals surface area (Å²) in [6.07, 6.45) is 1.89. The summed E-state index contributed by atoms with van der Waals surface area (Å²) in [5.74, 6) is 1.38. The Hall–Kier alpha value is -2.50. The second-order valence-corrected chi connectivity index (χ2v) is 4.64. The van der Waals surface area contributed by atoms with Crippen molar-refractivity contribution < 1.29 is 4.74 Å². The van der Waals surface area contributed by atoms with Crippen LogP contribution in [0.3, 0.4) is 0 Å². The van der Waals surface area contributed by atoms with Gasteiger partial charge in [-0.1, -0.05) is 13.3 Å². The van der Waals surface area contributed by atoms with Crippen LogP contribution in [0, 0.1) is 0 Å². The standard InChI is InChI=1S/C14H17N5O/c1-3-4-11-12-13(15)16-17-14(12)19(18-11)9-5-7-10(20-2)8-6-9/h5-8H,3-4H2,1-2H3,(H3,15,16,17).